The van der Waals surface area contributed by atoms with Crippen molar-refractivity contribution in [3.8, 4) is 11.5 Å². The number of carbonyl (C=O) groups excluding carboxylic acids is 1. The fraction of sp³-hybridized carbons (Fsp3) is 0.471. The standard InChI is InChI=1S/C17H23NO3/c1-5-13-9-8-12-18(13)16(19)17(2,3)21-15-11-7-6-10-14(15)20-4/h6-11,13H,5,12H2,1-4H3. The zero-order chi connectivity index (χ0) is 15.5. The second-order valence-electron chi connectivity index (χ2n) is 5.62. The van der Waals surface area contributed by atoms with Gasteiger partial charge in [0.1, 0.15) is 0 Å². The molecule has 0 saturated heterocycles. The topological polar surface area (TPSA) is 38.8 Å². The number of methoxy groups -OCH3 is 1. The molecule has 1 aliphatic heterocycles. The van der Waals surface area contributed by atoms with E-state index in [9.17, 15) is 4.79 Å². The molecule has 2 rings (SSSR count). The quantitative estimate of drug-likeness (QED) is 0.782. The highest BCUT2D eigenvalue weighted by molar-refractivity contribution is 5.86. The van der Waals surface area contributed by atoms with Crippen LogP contribution in [-0.4, -0.2) is 36.1 Å². The summed E-state index contributed by atoms with van der Waals surface area (Å²) in [5.74, 6) is 1.20. The molecule has 4 nitrogen and oxygen atoms in total. The molecule has 4 heteroatoms. The number of rotatable bonds is 5. The Bertz CT molecular complexity index is 537. The number of amides is 1. The molecule has 1 unspecified atom stereocenters. The van der Waals surface area contributed by atoms with Crippen LogP contribution in [0.2, 0.25) is 0 Å². The van der Waals surface area contributed by atoms with Crippen LogP contribution in [0.25, 0.3) is 0 Å². The highest BCUT2D eigenvalue weighted by atomic mass is 16.5. The molecule has 1 amide bonds. The predicted molar refractivity (Wildman–Crippen MR) is 82.6 cm³/mol. The molecule has 0 spiro atoms. The summed E-state index contributed by atoms with van der Waals surface area (Å²) >= 11 is 0. The van der Waals surface area contributed by atoms with Crippen molar-refractivity contribution in [2.75, 3.05) is 13.7 Å². The van der Waals surface area contributed by atoms with Crippen molar-refractivity contribution < 1.29 is 14.3 Å². The van der Waals surface area contributed by atoms with Gasteiger partial charge in [-0.1, -0.05) is 31.2 Å². The van der Waals surface area contributed by atoms with Gasteiger partial charge in [0.05, 0.1) is 13.2 Å². The minimum absolute atomic E-state index is 0.00902. The van der Waals surface area contributed by atoms with E-state index in [0.29, 0.717) is 18.0 Å². The molecule has 1 aliphatic rings. The van der Waals surface area contributed by atoms with Crippen molar-refractivity contribution in [3.63, 3.8) is 0 Å². The predicted octanol–water partition coefficient (Wildman–Crippen LogP) is 3.03. The number of ether oxygens (including phenoxy) is 2. The molecule has 0 aliphatic carbocycles. The molecular formula is C17H23NO3. The Hall–Kier alpha value is -1.97. The summed E-state index contributed by atoms with van der Waals surface area (Å²) in [5.41, 5.74) is -0.936. The summed E-state index contributed by atoms with van der Waals surface area (Å²) in [6.07, 6.45) is 5.02. The first-order valence-corrected chi connectivity index (χ1v) is 7.29. The third-order valence-electron chi connectivity index (χ3n) is 3.69. The molecule has 114 valence electrons. The van der Waals surface area contributed by atoms with Crippen molar-refractivity contribution in [2.24, 2.45) is 0 Å². The van der Waals surface area contributed by atoms with E-state index in [4.69, 9.17) is 9.47 Å². The zero-order valence-corrected chi connectivity index (χ0v) is 13.1. The van der Waals surface area contributed by atoms with Crippen LogP contribution in [0.4, 0.5) is 0 Å². The van der Waals surface area contributed by atoms with Gasteiger partial charge in [-0.2, -0.15) is 0 Å². The molecule has 1 aromatic rings. The SMILES string of the molecule is CCC1C=CCN1C(=O)C(C)(C)Oc1ccccc1OC. The highest BCUT2D eigenvalue weighted by Crippen LogP contribution is 2.31. The Morgan fingerprint density at radius 1 is 1.33 bits per heavy atom. The lowest BCUT2D eigenvalue weighted by Gasteiger charge is -2.33. The van der Waals surface area contributed by atoms with Gasteiger partial charge >= 0.3 is 0 Å². The summed E-state index contributed by atoms with van der Waals surface area (Å²) in [5, 5.41) is 0. The number of para-hydroxylation sites is 2. The number of carbonyl (C=O) groups is 1. The summed E-state index contributed by atoms with van der Waals surface area (Å²) in [7, 11) is 1.59. The van der Waals surface area contributed by atoms with Crippen LogP contribution >= 0.6 is 0 Å². The number of hydrogen-bond donors (Lipinski definition) is 0. The van der Waals surface area contributed by atoms with Crippen LogP contribution in [0.15, 0.2) is 36.4 Å². The van der Waals surface area contributed by atoms with E-state index in [1.807, 2.05) is 35.2 Å². The Morgan fingerprint density at radius 3 is 2.62 bits per heavy atom. The third-order valence-corrected chi connectivity index (χ3v) is 3.69. The van der Waals surface area contributed by atoms with Crippen LogP contribution in [0.1, 0.15) is 27.2 Å². The Labute approximate surface area is 126 Å². The summed E-state index contributed by atoms with van der Waals surface area (Å²) in [6, 6.07) is 7.54. The van der Waals surface area contributed by atoms with Gasteiger partial charge in [0, 0.05) is 6.54 Å². The molecule has 0 radical (unpaired) electrons. The van der Waals surface area contributed by atoms with E-state index in [-0.39, 0.29) is 11.9 Å². The van der Waals surface area contributed by atoms with Gasteiger partial charge in [0.2, 0.25) is 0 Å². The average molecular weight is 289 g/mol. The highest BCUT2D eigenvalue weighted by Gasteiger charge is 2.37. The summed E-state index contributed by atoms with van der Waals surface area (Å²) < 4.78 is 11.2. The van der Waals surface area contributed by atoms with Crippen LogP contribution < -0.4 is 9.47 Å². The normalized spacial score (nSPS) is 17.9. The van der Waals surface area contributed by atoms with Crippen LogP contribution in [-0.2, 0) is 4.79 Å². The first kappa shape index (κ1) is 15.4. The average Bonchev–Trinajstić information content (AvgIpc) is 2.94. The van der Waals surface area contributed by atoms with E-state index in [2.05, 4.69) is 13.0 Å². The first-order chi connectivity index (χ1) is 9.99. The summed E-state index contributed by atoms with van der Waals surface area (Å²) in [6.45, 7) is 6.32. The third kappa shape index (κ3) is 3.20. The monoisotopic (exact) mass is 289 g/mol. The van der Waals surface area contributed by atoms with Crippen molar-refractivity contribution >= 4 is 5.91 Å². The van der Waals surface area contributed by atoms with E-state index >= 15 is 0 Å². The molecule has 0 N–H and O–H groups in total. The molecular weight excluding hydrogens is 266 g/mol. The lowest BCUT2D eigenvalue weighted by atomic mass is 10.1. The maximum atomic E-state index is 12.8. The number of hydrogen-bond acceptors (Lipinski definition) is 3. The Morgan fingerprint density at radius 2 is 2.00 bits per heavy atom. The zero-order valence-electron chi connectivity index (χ0n) is 13.1. The second-order valence-corrected chi connectivity index (χ2v) is 5.62. The molecule has 1 heterocycles. The largest absolute Gasteiger partial charge is 0.493 e. The van der Waals surface area contributed by atoms with E-state index < -0.39 is 5.60 Å². The second kappa shape index (κ2) is 6.20. The van der Waals surface area contributed by atoms with Gasteiger partial charge in [0.15, 0.2) is 17.1 Å². The summed E-state index contributed by atoms with van der Waals surface area (Å²) in [4.78, 5) is 14.6. The van der Waals surface area contributed by atoms with Crippen molar-refractivity contribution in [2.45, 2.75) is 38.8 Å². The first-order valence-electron chi connectivity index (χ1n) is 7.29. The van der Waals surface area contributed by atoms with Gasteiger partial charge in [-0.15, -0.1) is 0 Å². The maximum absolute atomic E-state index is 12.8. The van der Waals surface area contributed by atoms with Crippen molar-refractivity contribution in [3.05, 3.63) is 36.4 Å². The molecule has 0 saturated carbocycles. The molecule has 21 heavy (non-hydrogen) atoms. The van der Waals surface area contributed by atoms with Gasteiger partial charge in [-0.05, 0) is 32.4 Å². The van der Waals surface area contributed by atoms with Crippen LogP contribution in [0.3, 0.4) is 0 Å². The Kier molecular flexibility index (Phi) is 4.56. The molecule has 0 aromatic heterocycles. The van der Waals surface area contributed by atoms with Crippen molar-refractivity contribution in [1.82, 2.24) is 4.90 Å². The van der Waals surface area contributed by atoms with Gasteiger partial charge in [0.25, 0.3) is 5.91 Å². The molecule has 0 fully saturated rings. The van der Waals surface area contributed by atoms with Crippen LogP contribution in [0, 0.1) is 0 Å². The molecule has 1 atom stereocenters. The van der Waals surface area contributed by atoms with Gasteiger partial charge in [-0.25, -0.2) is 0 Å². The van der Waals surface area contributed by atoms with Gasteiger partial charge < -0.3 is 14.4 Å². The lowest BCUT2D eigenvalue weighted by Crippen LogP contribution is -2.50. The van der Waals surface area contributed by atoms with E-state index in [0.717, 1.165) is 6.42 Å². The smallest absolute Gasteiger partial charge is 0.266 e. The van der Waals surface area contributed by atoms with E-state index in [1.165, 1.54) is 0 Å². The Balaban J connectivity index is 2.16. The van der Waals surface area contributed by atoms with E-state index in [1.54, 1.807) is 21.0 Å². The minimum Gasteiger partial charge on any atom is -0.493 e. The fourth-order valence-corrected chi connectivity index (χ4v) is 2.53. The molecule has 1 aromatic carbocycles. The lowest BCUT2D eigenvalue weighted by molar-refractivity contribution is -0.146. The maximum Gasteiger partial charge on any atom is 0.266 e. The number of nitrogens with zero attached hydrogens (tertiary/aromatic N) is 1. The molecule has 0 bridgehead atoms. The number of benzene rings is 1. The van der Waals surface area contributed by atoms with Gasteiger partial charge in [-0.3, -0.25) is 4.79 Å². The fourth-order valence-electron chi connectivity index (χ4n) is 2.53. The van der Waals surface area contributed by atoms with Crippen LogP contribution in [0.5, 0.6) is 11.5 Å². The van der Waals surface area contributed by atoms with Crippen molar-refractivity contribution in [1.29, 1.82) is 0 Å². The minimum atomic E-state index is -0.936.